The van der Waals surface area contributed by atoms with Gasteiger partial charge in [-0.1, -0.05) is 13.0 Å². The van der Waals surface area contributed by atoms with Gasteiger partial charge in [-0.15, -0.1) is 0 Å². The number of aromatic nitrogens is 2. The molecule has 1 aromatic heterocycles. The predicted molar refractivity (Wildman–Crippen MR) is 110 cm³/mol. The summed E-state index contributed by atoms with van der Waals surface area (Å²) in [7, 11) is 3.23. The molecule has 2 aliphatic rings. The van der Waals surface area contributed by atoms with Gasteiger partial charge in [0.15, 0.2) is 11.5 Å². The molecule has 2 fully saturated rings. The van der Waals surface area contributed by atoms with Crippen LogP contribution in [0.2, 0.25) is 0 Å². The molecule has 2 aliphatic heterocycles. The van der Waals surface area contributed by atoms with Gasteiger partial charge in [0.05, 0.1) is 19.6 Å². The van der Waals surface area contributed by atoms with Gasteiger partial charge in [-0.2, -0.15) is 0 Å². The molecule has 0 radical (unpaired) electrons. The number of benzene rings is 1. The minimum Gasteiger partial charge on any atom is -0.493 e. The molecule has 2 saturated heterocycles. The molecule has 1 N–H and O–H groups in total. The lowest BCUT2D eigenvalue weighted by Crippen LogP contribution is -2.48. The van der Waals surface area contributed by atoms with Gasteiger partial charge in [0.2, 0.25) is 11.9 Å². The molecule has 3 atom stereocenters. The molecule has 7 nitrogen and oxygen atoms in total. The normalized spacial score (nSPS) is 25.1. The van der Waals surface area contributed by atoms with E-state index in [1.165, 1.54) is 0 Å². The fraction of sp³-hybridized carbons (Fsp3) is 0.500. The van der Waals surface area contributed by atoms with Crippen molar-refractivity contribution in [1.29, 1.82) is 0 Å². The van der Waals surface area contributed by atoms with Gasteiger partial charge < -0.3 is 19.7 Å². The van der Waals surface area contributed by atoms with Crippen LogP contribution in [0.15, 0.2) is 36.7 Å². The molecule has 2 aromatic rings. The van der Waals surface area contributed by atoms with E-state index in [9.17, 15) is 4.79 Å². The van der Waals surface area contributed by atoms with Crippen LogP contribution in [-0.4, -0.2) is 42.2 Å². The monoisotopic (exact) mass is 396 g/mol. The summed E-state index contributed by atoms with van der Waals surface area (Å²) in [6.45, 7) is 2.57. The van der Waals surface area contributed by atoms with E-state index in [2.05, 4.69) is 27.1 Å². The van der Waals surface area contributed by atoms with Gasteiger partial charge in [-0.25, -0.2) is 9.97 Å². The standard InChI is InChI=1S/C22H28N4O3/c1-4-22(13-16-7-9-19(22)26(16)21-23-10-5-11-24-21)20(27)25-14-15-6-8-17(28-2)18(12-15)29-3/h5-6,8,10-12,16,19H,4,7,9,13-14H2,1-3H3,(H,25,27)/t16-,19+,22+/m1/s1. The van der Waals surface area contributed by atoms with Crippen molar-refractivity contribution in [1.82, 2.24) is 15.3 Å². The molecule has 154 valence electrons. The highest BCUT2D eigenvalue weighted by Gasteiger charge is 2.59. The van der Waals surface area contributed by atoms with Crippen molar-refractivity contribution in [2.75, 3.05) is 19.1 Å². The van der Waals surface area contributed by atoms with Gasteiger partial charge in [-0.3, -0.25) is 4.79 Å². The average molecular weight is 396 g/mol. The van der Waals surface area contributed by atoms with E-state index < -0.39 is 5.41 Å². The Bertz CT molecular complexity index is 876. The van der Waals surface area contributed by atoms with Crippen LogP contribution in [0.1, 0.15) is 38.2 Å². The summed E-state index contributed by atoms with van der Waals surface area (Å²) in [5, 5.41) is 3.18. The minimum absolute atomic E-state index is 0.114. The summed E-state index contributed by atoms with van der Waals surface area (Å²) in [6, 6.07) is 8.01. The summed E-state index contributed by atoms with van der Waals surface area (Å²) in [5.74, 6) is 2.20. The Morgan fingerprint density at radius 3 is 2.66 bits per heavy atom. The fourth-order valence-corrected chi connectivity index (χ4v) is 5.04. The summed E-state index contributed by atoms with van der Waals surface area (Å²) >= 11 is 0. The summed E-state index contributed by atoms with van der Waals surface area (Å²) in [6.07, 6.45) is 7.28. The number of anilines is 1. The smallest absolute Gasteiger partial charge is 0.228 e. The first kappa shape index (κ1) is 19.5. The van der Waals surface area contributed by atoms with Crippen molar-refractivity contribution in [3.63, 3.8) is 0 Å². The molecule has 0 saturated carbocycles. The highest BCUT2D eigenvalue weighted by atomic mass is 16.5. The third kappa shape index (κ3) is 3.28. The Kier molecular flexibility index (Phi) is 5.30. The van der Waals surface area contributed by atoms with Crippen LogP contribution in [0.3, 0.4) is 0 Å². The third-order valence-electron chi connectivity index (χ3n) is 6.51. The van der Waals surface area contributed by atoms with Gasteiger partial charge in [0.1, 0.15) is 0 Å². The maximum absolute atomic E-state index is 13.4. The van der Waals surface area contributed by atoms with Crippen LogP contribution in [0, 0.1) is 5.41 Å². The molecule has 7 heteroatoms. The molecule has 29 heavy (non-hydrogen) atoms. The molecular formula is C22H28N4O3. The molecule has 1 amide bonds. The van der Waals surface area contributed by atoms with E-state index in [1.807, 2.05) is 24.3 Å². The average Bonchev–Trinajstić information content (AvgIpc) is 3.34. The number of hydrogen-bond acceptors (Lipinski definition) is 6. The largest absolute Gasteiger partial charge is 0.493 e. The topological polar surface area (TPSA) is 76.6 Å². The van der Waals surface area contributed by atoms with Crippen LogP contribution in [0.4, 0.5) is 5.95 Å². The Morgan fingerprint density at radius 2 is 1.97 bits per heavy atom. The maximum atomic E-state index is 13.4. The zero-order valence-corrected chi connectivity index (χ0v) is 17.2. The molecule has 0 unspecified atom stereocenters. The first-order valence-corrected chi connectivity index (χ1v) is 10.2. The van der Waals surface area contributed by atoms with Crippen molar-refractivity contribution in [3.8, 4) is 11.5 Å². The molecule has 0 spiro atoms. The van der Waals surface area contributed by atoms with Gasteiger partial charge in [0.25, 0.3) is 0 Å². The minimum atomic E-state index is -0.404. The number of nitrogens with zero attached hydrogens (tertiary/aromatic N) is 3. The zero-order chi connectivity index (χ0) is 20.4. The second-order valence-electron chi connectivity index (χ2n) is 7.79. The van der Waals surface area contributed by atoms with E-state index in [1.54, 1.807) is 26.6 Å². The lowest BCUT2D eigenvalue weighted by Gasteiger charge is -2.35. The molecule has 0 aliphatic carbocycles. The predicted octanol–water partition coefficient (Wildman–Crippen LogP) is 2.95. The number of hydrogen-bond donors (Lipinski definition) is 1. The molecule has 2 bridgehead atoms. The zero-order valence-electron chi connectivity index (χ0n) is 17.2. The van der Waals surface area contributed by atoms with Crippen molar-refractivity contribution in [2.24, 2.45) is 5.41 Å². The lowest BCUT2D eigenvalue weighted by atomic mass is 9.71. The highest BCUT2D eigenvalue weighted by molar-refractivity contribution is 5.85. The van der Waals surface area contributed by atoms with Crippen molar-refractivity contribution < 1.29 is 14.3 Å². The molecular weight excluding hydrogens is 368 g/mol. The van der Waals surface area contributed by atoms with E-state index >= 15 is 0 Å². The Labute approximate surface area is 171 Å². The number of ether oxygens (including phenoxy) is 2. The number of rotatable bonds is 7. The highest BCUT2D eigenvalue weighted by Crippen LogP contribution is 2.52. The molecule has 4 rings (SSSR count). The van der Waals surface area contributed by atoms with Crippen molar-refractivity contribution >= 4 is 11.9 Å². The van der Waals surface area contributed by atoms with Crippen molar-refractivity contribution in [2.45, 2.75) is 51.2 Å². The second-order valence-corrected chi connectivity index (χ2v) is 7.79. The first-order chi connectivity index (χ1) is 14.1. The number of nitrogens with one attached hydrogen (secondary N) is 1. The Balaban J connectivity index is 1.50. The number of fused-ring (bicyclic) bond motifs is 2. The SMILES string of the molecule is CC[C@]1(C(=O)NCc2ccc(OC)c(OC)c2)C[C@H]2CC[C@@H]1N2c1ncccn1. The van der Waals surface area contributed by atoms with E-state index in [4.69, 9.17) is 9.47 Å². The second kappa shape index (κ2) is 7.89. The van der Waals surface area contributed by atoms with Crippen LogP contribution in [0.25, 0.3) is 0 Å². The number of carbonyl (C=O) groups is 1. The first-order valence-electron chi connectivity index (χ1n) is 10.2. The maximum Gasteiger partial charge on any atom is 0.228 e. The van der Waals surface area contributed by atoms with E-state index in [0.717, 1.165) is 37.2 Å². The Morgan fingerprint density at radius 1 is 1.21 bits per heavy atom. The van der Waals surface area contributed by atoms with Gasteiger partial charge >= 0.3 is 0 Å². The van der Waals surface area contributed by atoms with Crippen molar-refractivity contribution in [3.05, 3.63) is 42.2 Å². The van der Waals surface area contributed by atoms with E-state index in [0.29, 0.717) is 24.1 Å². The van der Waals surface area contributed by atoms with Crippen LogP contribution < -0.4 is 19.7 Å². The lowest BCUT2D eigenvalue weighted by molar-refractivity contribution is -0.132. The number of amides is 1. The number of carbonyl (C=O) groups excluding carboxylic acids is 1. The van der Waals surface area contributed by atoms with Gasteiger partial charge in [0, 0.05) is 31.0 Å². The number of methoxy groups -OCH3 is 2. The summed E-state index contributed by atoms with van der Waals surface area (Å²) in [5.41, 5.74) is 0.576. The summed E-state index contributed by atoms with van der Waals surface area (Å²) < 4.78 is 10.7. The van der Waals surface area contributed by atoms with Crippen LogP contribution in [0.5, 0.6) is 11.5 Å². The van der Waals surface area contributed by atoms with Gasteiger partial charge in [-0.05, 0) is 49.4 Å². The van der Waals surface area contributed by atoms with E-state index in [-0.39, 0.29) is 11.9 Å². The molecule has 3 heterocycles. The molecule has 1 aromatic carbocycles. The third-order valence-corrected chi connectivity index (χ3v) is 6.51. The van der Waals surface area contributed by atoms with Crippen LogP contribution >= 0.6 is 0 Å². The van der Waals surface area contributed by atoms with Crippen LogP contribution in [-0.2, 0) is 11.3 Å². The fourth-order valence-electron chi connectivity index (χ4n) is 5.04. The Hall–Kier alpha value is -2.83. The quantitative estimate of drug-likeness (QED) is 0.775. The summed E-state index contributed by atoms with van der Waals surface area (Å²) in [4.78, 5) is 24.6.